The largest absolute Gasteiger partial charge is 0.342 e. The minimum atomic E-state index is -0.671. The van der Waals surface area contributed by atoms with Gasteiger partial charge in [-0.05, 0) is 25.0 Å². The number of rotatable bonds is 0. The summed E-state index contributed by atoms with van der Waals surface area (Å²) >= 11 is 0. The zero-order valence-corrected chi connectivity index (χ0v) is 24.1. The number of likely N-dealkylation sites (tertiary alicyclic amines) is 2. The van der Waals surface area contributed by atoms with Crippen LogP contribution in [-0.4, -0.2) is 57.0 Å². The molecule has 8 heteroatoms. The Balaban J connectivity index is 0.000000279. The molecule has 0 saturated carbocycles. The van der Waals surface area contributed by atoms with Crippen LogP contribution in [0.5, 0.6) is 0 Å². The number of carbonyl (C=O) groups is 5. The standard InChI is InChI=1S/C11H19NO.C9H13NO3.C9H13NO/c1-9-5-7-12(8-6-9)10(13)11(2,3)4;1-9(2,3)8(13)10-6(11)4-5-7(10)12;1-9(2,3)8(11)10-6-4-5-7-10/h1,5-8H2,2-4H3;4-5H2,1-3H3;4-7H,1-3H3. The summed E-state index contributed by atoms with van der Waals surface area (Å²) in [5.41, 5.74) is 0.0748. The molecule has 8 nitrogen and oxygen atoms in total. The van der Waals surface area contributed by atoms with E-state index >= 15 is 0 Å². The molecule has 2 aliphatic heterocycles. The minimum absolute atomic E-state index is 0.127. The van der Waals surface area contributed by atoms with Crippen molar-refractivity contribution >= 4 is 29.5 Å². The molecular weight excluding hydrogens is 470 g/mol. The third-order valence-corrected chi connectivity index (χ3v) is 5.78. The number of aromatic nitrogens is 1. The van der Waals surface area contributed by atoms with Gasteiger partial charge in [-0.3, -0.25) is 28.5 Å². The first-order valence-corrected chi connectivity index (χ1v) is 12.8. The number of hydrogen-bond acceptors (Lipinski definition) is 5. The summed E-state index contributed by atoms with van der Waals surface area (Å²) in [4.78, 5) is 59.9. The second kappa shape index (κ2) is 12.5. The average molecular weight is 516 g/mol. The molecule has 2 aliphatic rings. The van der Waals surface area contributed by atoms with Crippen LogP contribution in [0.25, 0.3) is 0 Å². The smallest absolute Gasteiger partial charge is 0.241 e. The van der Waals surface area contributed by atoms with Gasteiger partial charge in [0.05, 0.1) is 0 Å². The van der Waals surface area contributed by atoms with Gasteiger partial charge in [-0.15, -0.1) is 0 Å². The van der Waals surface area contributed by atoms with Gasteiger partial charge in [-0.25, -0.2) is 4.90 Å². The van der Waals surface area contributed by atoms with Crippen molar-refractivity contribution in [3.05, 3.63) is 36.7 Å². The fraction of sp³-hybridized carbons (Fsp3) is 0.621. The molecule has 0 aromatic carbocycles. The van der Waals surface area contributed by atoms with Gasteiger partial charge in [0.1, 0.15) is 0 Å². The van der Waals surface area contributed by atoms with E-state index in [9.17, 15) is 24.0 Å². The van der Waals surface area contributed by atoms with Crippen molar-refractivity contribution < 1.29 is 24.0 Å². The molecule has 0 radical (unpaired) electrons. The van der Waals surface area contributed by atoms with E-state index in [4.69, 9.17) is 0 Å². The fourth-order valence-electron chi connectivity index (χ4n) is 3.50. The molecule has 4 amide bonds. The molecule has 3 rings (SSSR count). The Bertz CT molecular complexity index is 976. The van der Waals surface area contributed by atoms with Crippen LogP contribution < -0.4 is 0 Å². The summed E-state index contributed by atoms with van der Waals surface area (Å²) in [5.74, 6) is -0.752. The summed E-state index contributed by atoms with van der Waals surface area (Å²) in [5, 5.41) is 0. The second-order valence-electron chi connectivity index (χ2n) is 12.6. The molecule has 0 spiro atoms. The average Bonchev–Trinajstić information content (AvgIpc) is 3.42. The maximum Gasteiger partial charge on any atom is 0.241 e. The van der Waals surface area contributed by atoms with E-state index < -0.39 is 11.3 Å². The van der Waals surface area contributed by atoms with Crippen LogP contribution in [0.15, 0.2) is 36.7 Å². The molecule has 37 heavy (non-hydrogen) atoms. The lowest BCUT2D eigenvalue weighted by Gasteiger charge is -2.33. The number of hydrogen-bond donors (Lipinski definition) is 0. The molecule has 0 atom stereocenters. The van der Waals surface area contributed by atoms with Crippen molar-refractivity contribution in [1.29, 1.82) is 0 Å². The topological polar surface area (TPSA) is 96.8 Å². The molecule has 3 heterocycles. The Labute approximate surface area is 222 Å². The van der Waals surface area contributed by atoms with Crippen LogP contribution >= 0.6 is 0 Å². The van der Waals surface area contributed by atoms with Crippen LogP contribution in [0.4, 0.5) is 0 Å². The summed E-state index contributed by atoms with van der Waals surface area (Å²) in [6, 6.07) is 3.70. The molecule has 0 N–H and O–H groups in total. The first kappa shape index (κ1) is 32.0. The van der Waals surface area contributed by atoms with Crippen LogP contribution in [0.2, 0.25) is 0 Å². The Morgan fingerprint density at radius 2 is 1.03 bits per heavy atom. The maximum atomic E-state index is 11.8. The van der Waals surface area contributed by atoms with E-state index in [0.29, 0.717) is 0 Å². The van der Waals surface area contributed by atoms with E-state index in [0.717, 1.165) is 30.8 Å². The lowest BCUT2D eigenvalue weighted by atomic mass is 9.93. The van der Waals surface area contributed by atoms with E-state index in [1.54, 1.807) is 37.7 Å². The maximum absolute atomic E-state index is 11.8. The lowest BCUT2D eigenvalue weighted by molar-refractivity contribution is -0.154. The van der Waals surface area contributed by atoms with Crippen molar-refractivity contribution in [1.82, 2.24) is 14.4 Å². The number of amides is 4. The Morgan fingerprint density at radius 1 is 0.649 bits per heavy atom. The Hall–Kier alpha value is -3.03. The number of nitrogens with zero attached hydrogens (tertiary/aromatic N) is 3. The Morgan fingerprint density at radius 3 is 1.38 bits per heavy atom. The highest BCUT2D eigenvalue weighted by molar-refractivity contribution is 6.16. The predicted octanol–water partition coefficient (Wildman–Crippen LogP) is 5.09. The van der Waals surface area contributed by atoms with Crippen LogP contribution in [0, 0.1) is 16.2 Å². The van der Waals surface area contributed by atoms with Crippen LogP contribution in [-0.2, 0) is 19.2 Å². The zero-order chi connectivity index (χ0) is 28.8. The van der Waals surface area contributed by atoms with E-state index in [1.807, 2.05) is 58.6 Å². The van der Waals surface area contributed by atoms with Crippen molar-refractivity contribution in [2.45, 2.75) is 88.0 Å². The lowest BCUT2D eigenvalue weighted by Crippen LogP contribution is -2.42. The van der Waals surface area contributed by atoms with Gasteiger partial charge in [-0.2, -0.15) is 0 Å². The van der Waals surface area contributed by atoms with Gasteiger partial charge in [-0.1, -0.05) is 74.5 Å². The second-order valence-corrected chi connectivity index (χ2v) is 12.6. The molecule has 1 aromatic heterocycles. The number of piperidine rings is 1. The van der Waals surface area contributed by atoms with E-state index in [2.05, 4.69) is 6.58 Å². The van der Waals surface area contributed by atoms with Gasteiger partial charge in [0.2, 0.25) is 29.5 Å². The third kappa shape index (κ3) is 9.74. The minimum Gasteiger partial charge on any atom is -0.342 e. The first-order valence-electron chi connectivity index (χ1n) is 12.8. The molecule has 2 fully saturated rings. The SMILES string of the molecule is C=C1CCN(C(=O)C(C)(C)C)CC1.CC(C)(C)C(=O)N1C(=O)CCC1=O.CC(C)(C)C(=O)n1cccc1. The zero-order valence-electron chi connectivity index (χ0n) is 24.1. The predicted molar refractivity (Wildman–Crippen MR) is 144 cm³/mol. The van der Waals surface area contributed by atoms with Gasteiger partial charge in [0, 0.05) is 54.6 Å². The molecule has 2 saturated heterocycles. The van der Waals surface area contributed by atoms with Crippen LogP contribution in [0.1, 0.15) is 92.8 Å². The van der Waals surface area contributed by atoms with Gasteiger partial charge in [0.15, 0.2) is 0 Å². The normalized spacial score (nSPS) is 16.5. The Kier molecular flexibility index (Phi) is 10.8. The quantitative estimate of drug-likeness (QED) is 0.354. The molecule has 1 aromatic rings. The first-order chi connectivity index (χ1) is 16.8. The summed E-state index contributed by atoms with van der Waals surface area (Å²) < 4.78 is 1.61. The summed E-state index contributed by atoms with van der Waals surface area (Å²) in [6.45, 7) is 22.4. The fourth-order valence-corrected chi connectivity index (χ4v) is 3.50. The highest BCUT2D eigenvalue weighted by atomic mass is 16.2. The van der Waals surface area contributed by atoms with Crippen molar-refractivity contribution in [3.63, 3.8) is 0 Å². The molecular formula is C29H45N3O5. The summed E-state index contributed by atoms with van der Waals surface area (Å²) in [7, 11) is 0. The number of imide groups is 3. The highest BCUT2D eigenvalue weighted by Crippen LogP contribution is 2.23. The summed E-state index contributed by atoms with van der Waals surface area (Å²) in [6.07, 6.45) is 5.83. The number of carbonyl (C=O) groups excluding carboxylic acids is 5. The van der Waals surface area contributed by atoms with Crippen LogP contribution in [0.3, 0.4) is 0 Å². The van der Waals surface area contributed by atoms with Crippen molar-refractivity contribution in [3.8, 4) is 0 Å². The van der Waals surface area contributed by atoms with Gasteiger partial charge >= 0.3 is 0 Å². The van der Waals surface area contributed by atoms with Crippen molar-refractivity contribution in [2.75, 3.05) is 13.1 Å². The third-order valence-electron chi connectivity index (χ3n) is 5.78. The highest BCUT2D eigenvalue weighted by Gasteiger charge is 2.39. The molecule has 0 bridgehead atoms. The monoisotopic (exact) mass is 515 g/mol. The molecule has 206 valence electrons. The van der Waals surface area contributed by atoms with E-state index in [1.165, 1.54) is 5.57 Å². The van der Waals surface area contributed by atoms with E-state index in [-0.39, 0.29) is 47.3 Å². The molecule has 0 aliphatic carbocycles. The molecule has 0 unspecified atom stereocenters. The van der Waals surface area contributed by atoms with Gasteiger partial charge in [0.25, 0.3) is 0 Å². The van der Waals surface area contributed by atoms with Crippen molar-refractivity contribution in [2.24, 2.45) is 16.2 Å². The van der Waals surface area contributed by atoms with Gasteiger partial charge < -0.3 is 4.90 Å².